The van der Waals surface area contributed by atoms with Crippen LogP contribution in [-0.4, -0.2) is 18.6 Å². The Morgan fingerprint density at radius 2 is 2.32 bits per heavy atom. The Morgan fingerprint density at radius 1 is 1.58 bits per heavy atom. The van der Waals surface area contributed by atoms with Gasteiger partial charge < -0.3 is 15.8 Å². The van der Waals surface area contributed by atoms with Gasteiger partial charge in [-0.1, -0.05) is 13.0 Å². The molecular weight excluding hydrogens is 240 g/mol. The molecule has 1 unspecified atom stereocenters. The fraction of sp³-hybridized carbons (Fsp3) is 0.400. The van der Waals surface area contributed by atoms with E-state index in [-0.39, 0.29) is 18.6 Å². The van der Waals surface area contributed by atoms with Crippen LogP contribution in [-0.2, 0) is 11.2 Å². The van der Waals surface area contributed by atoms with E-state index in [1.807, 2.05) is 19.9 Å². The number of carbonyl (C=O) groups is 1. The Morgan fingerprint density at radius 3 is 2.95 bits per heavy atom. The minimum absolute atomic E-state index is 0.0123. The normalized spacial score (nSPS) is 11.7. The van der Waals surface area contributed by atoms with Crippen molar-refractivity contribution < 1.29 is 9.53 Å². The van der Waals surface area contributed by atoms with E-state index in [4.69, 9.17) is 10.5 Å². The smallest absolute Gasteiger partial charge is 0.258 e. The largest absolute Gasteiger partial charge is 0.483 e. The van der Waals surface area contributed by atoms with Crippen LogP contribution < -0.4 is 15.8 Å². The lowest BCUT2D eigenvalue weighted by Gasteiger charge is -2.14. The minimum atomic E-state index is -0.115. The number of carbonyl (C=O) groups excluding carboxylic acids is 1. The molecule has 1 amide bonds. The first-order valence-electron chi connectivity index (χ1n) is 6.48. The molecule has 0 saturated heterocycles. The second-order valence-corrected chi connectivity index (χ2v) is 4.53. The Kier molecular flexibility index (Phi) is 5.93. The van der Waals surface area contributed by atoms with Gasteiger partial charge in [0.2, 0.25) is 0 Å². The predicted octanol–water partition coefficient (Wildman–Crippen LogP) is 2.29. The SMILES string of the molecule is C=CCc1cc(N)ccc1OCC(=O)NC(C)CC. The second-order valence-electron chi connectivity index (χ2n) is 4.53. The number of rotatable bonds is 7. The van der Waals surface area contributed by atoms with Crippen LogP contribution in [0.15, 0.2) is 30.9 Å². The van der Waals surface area contributed by atoms with Crippen LogP contribution in [0.25, 0.3) is 0 Å². The molecule has 0 aromatic heterocycles. The maximum absolute atomic E-state index is 11.6. The number of anilines is 1. The van der Waals surface area contributed by atoms with E-state index in [0.717, 1.165) is 12.0 Å². The van der Waals surface area contributed by atoms with Crippen molar-refractivity contribution in [1.82, 2.24) is 5.32 Å². The summed E-state index contributed by atoms with van der Waals surface area (Å²) in [7, 11) is 0. The Hall–Kier alpha value is -1.97. The summed E-state index contributed by atoms with van der Waals surface area (Å²) in [6.45, 7) is 7.69. The van der Waals surface area contributed by atoms with Gasteiger partial charge in [-0.15, -0.1) is 6.58 Å². The lowest BCUT2D eigenvalue weighted by molar-refractivity contribution is -0.123. The van der Waals surface area contributed by atoms with Crippen LogP contribution in [0.4, 0.5) is 5.69 Å². The van der Waals surface area contributed by atoms with Gasteiger partial charge >= 0.3 is 0 Å². The first kappa shape index (κ1) is 15.1. The van der Waals surface area contributed by atoms with Gasteiger partial charge in [-0.3, -0.25) is 4.79 Å². The number of nitrogens with two attached hydrogens (primary N) is 1. The minimum Gasteiger partial charge on any atom is -0.483 e. The molecular formula is C15H22N2O2. The maximum Gasteiger partial charge on any atom is 0.258 e. The maximum atomic E-state index is 11.6. The summed E-state index contributed by atoms with van der Waals surface area (Å²) in [5.41, 5.74) is 7.34. The average molecular weight is 262 g/mol. The molecule has 1 rings (SSSR count). The second kappa shape index (κ2) is 7.46. The van der Waals surface area contributed by atoms with Crippen LogP contribution in [0.5, 0.6) is 5.75 Å². The van der Waals surface area contributed by atoms with E-state index in [1.54, 1.807) is 18.2 Å². The van der Waals surface area contributed by atoms with Crippen LogP contribution >= 0.6 is 0 Å². The third-order valence-corrected chi connectivity index (χ3v) is 2.83. The van der Waals surface area contributed by atoms with Gasteiger partial charge in [-0.05, 0) is 43.5 Å². The molecule has 0 bridgehead atoms. The monoisotopic (exact) mass is 262 g/mol. The molecule has 1 aromatic carbocycles. The number of nitrogen functional groups attached to an aromatic ring is 1. The zero-order chi connectivity index (χ0) is 14.3. The molecule has 1 atom stereocenters. The van der Waals surface area contributed by atoms with Crippen molar-refractivity contribution in [2.45, 2.75) is 32.7 Å². The average Bonchev–Trinajstić information content (AvgIpc) is 2.38. The molecule has 0 fully saturated rings. The van der Waals surface area contributed by atoms with Gasteiger partial charge in [-0.25, -0.2) is 0 Å². The number of hydrogen-bond donors (Lipinski definition) is 2. The first-order valence-corrected chi connectivity index (χ1v) is 6.48. The third kappa shape index (κ3) is 5.04. The first-order chi connectivity index (χ1) is 9.06. The molecule has 104 valence electrons. The molecule has 0 aliphatic heterocycles. The predicted molar refractivity (Wildman–Crippen MR) is 78.1 cm³/mol. The highest BCUT2D eigenvalue weighted by Crippen LogP contribution is 2.22. The van der Waals surface area contributed by atoms with E-state index in [1.165, 1.54) is 0 Å². The summed E-state index contributed by atoms with van der Waals surface area (Å²) in [6, 6.07) is 5.54. The van der Waals surface area contributed by atoms with E-state index in [0.29, 0.717) is 17.9 Å². The quantitative estimate of drug-likeness (QED) is 0.585. The Balaban J connectivity index is 2.61. The molecule has 0 spiro atoms. The van der Waals surface area contributed by atoms with Gasteiger partial charge in [0.15, 0.2) is 6.61 Å². The van der Waals surface area contributed by atoms with Crippen molar-refractivity contribution in [3.63, 3.8) is 0 Å². The summed E-state index contributed by atoms with van der Waals surface area (Å²) in [5.74, 6) is 0.559. The number of nitrogens with one attached hydrogen (secondary N) is 1. The molecule has 0 saturated carbocycles. The van der Waals surface area contributed by atoms with Gasteiger partial charge in [0.25, 0.3) is 5.91 Å². The molecule has 0 aliphatic carbocycles. The lowest BCUT2D eigenvalue weighted by atomic mass is 10.1. The van der Waals surface area contributed by atoms with Gasteiger partial charge in [0.1, 0.15) is 5.75 Å². The van der Waals surface area contributed by atoms with E-state index < -0.39 is 0 Å². The standard InChI is InChI=1S/C15H22N2O2/c1-4-6-12-9-13(16)7-8-14(12)19-10-15(18)17-11(3)5-2/h4,7-9,11H,1,5-6,10,16H2,2-3H3,(H,17,18). The molecule has 0 aliphatic rings. The number of benzene rings is 1. The van der Waals surface area contributed by atoms with E-state index in [2.05, 4.69) is 11.9 Å². The highest BCUT2D eigenvalue weighted by Gasteiger charge is 2.08. The summed E-state index contributed by atoms with van der Waals surface area (Å²) in [4.78, 5) is 11.6. The fourth-order valence-corrected chi connectivity index (χ4v) is 1.62. The van der Waals surface area contributed by atoms with Crippen molar-refractivity contribution in [1.29, 1.82) is 0 Å². The molecule has 1 aromatic rings. The molecule has 4 heteroatoms. The van der Waals surface area contributed by atoms with Crippen LogP contribution in [0.3, 0.4) is 0 Å². The number of hydrogen-bond acceptors (Lipinski definition) is 3. The zero-order valence-corrected chi connectivity index (χ0v) is 11.6. The van der Waals surface area contributed by atoms with Crippen molar-refractivity contribution in [3.05, 3.63) is 36.4 Å². The third-order valence-electron chi connectivity index (χ3n) is 2.83. The van der Waals surface area contributed by atoms with Crippen LogP contribution in [0.2, 0.25) is 0 Å². The van der Waals surface area contributed by atoms with Gasteiger partial charge in [0, 0.05) is 11.7 Å². The summed E-state index contributed by atoms with van der Waals surface area (Å²) >= 11 is 0. The molecule has 4 nitrogen and oxygen atoms in total. The highest BCUT2D eigenvalue weighted by molar-refractivity contribution is 5.77. The van der Waals surface area contributed by atoms with E-state index in [9.17, 15) is 4.79 Å². The number of allylic oxidation sites excluding steroid dienone is 1. The summed E-state index contributed by atoms with van der Waals surface area (Å²) in [5, 5.41) is 2.85. The van der Waals surface area contributed by atoms with Crippen molar-refractivity contribution in [2.75, 3.05) is 12.3 Å². The summed E-state index contributed by atoms with van der Waals surface area (Å²) in [6.07, 6.45) is 3.34. The van der Waals surface area contributed by atoms with Crippen LogP contribution in [0, 0.1) is 0 Å². The highest BCUT2D eigenvalue weighted by atomic mass is 16.5. The van der Waals surface area contributed by atoms with Crippen LogP contribution in [0.1, 0.15) is 25.8 Å². The zero-order valence-electron chi connectivity index (χ0n) is 11.6. The topological polar surface area (TPSA) is 64.3 Å². The van der Waals surface area contributed by atoms with Crippen molar-refractivity contribution >= 4 is 11.6 Å². The van der Waals surface area contributed by atoms with Crippen molar-refractivity contribution in [3.8, 4) is 5.75 Å². The Labute approximate surface area is 114 Å². The molecule has 0 heterocycles. The lowest BCUT2D eigenvalue weighted by Crippen LogP contribution is -2.35. The van der Waals surface area contributed by atoms with Crippen molar-refractivity contribution in [2.24, 2.45) is 0 Å². The van der Waals surface area contributed by atoms with Gasteiger partial charge in [-0.2, -0.15) is 0 Å². The molecule has 3 N–H and O–H groups in total. The molecule has 0 radical (unpaired) electrons. The Bertz CT molecular complexity index is 444. The van der Waals surface area contributed by atoms with E-state index >= 15 is 0 Å². The number of amides is 1. The van der Waals surface area contributed by atoms with Gasteiger partial charge in [0.05, 0.1) is 0 Å². The fourth-order valence-electron chi connectivity index (χ4n) is 1.62. The summed E-state index contributed by atoms with van der Waals surface area (Å²) < 4.78 is 5.54. The number of ether oxygens (including phenoxy) is 1. The molecule has 19 heavy (non-hydrogen) atoms.